The molecule has 152 valence electrons. The average Bonchev–Trinajstić information content (AvgIpc) is 2.96. The number of nitrogens with zero attached hydrogens (tertiary/aromatic N) is 1. The van der Waals surface area contributed by atoms with E-state index in [1.807, 2.05) is 31.2 Å². The molecule has 0 saturated heterocycles. The van der Waals surface area contributed by atoms with Crippen LogP contribution in [0.1, 0.15) is 23.6 Å². The first-order valence-electron chi connectivity index (χ1n) is 8.95. The van der Waals surface area contributed by atoms with Gasteiger partial charge in [-0.2, -0.15) is 0 Å². The van der Waals surface area contributed by atoms with Crippen molar-refractivity contribution in [2.75, 3.05) is 6.54 Å². The lowest BCUT2D eigenvalue weighted by molar-refractivity contribution is -0.153. The van der Waals surface area contributed by atoms with Gasteiger partial charge >= 0.3 is 5.97 Å². The molecule has 2 aromatic carbocycles. The van der Waals surface area contributed by atoms with E-state index in [-0.39, 0.29) is 10.7 Å². The molecule has 0 unspecified atom stereocenters. The Hall–Kier alpha value is -3.20. The molecule has 2 aromatic rings. The predicted octanol–water partition coefficient (Wildman–Crippen LogP) is 1.28. The van der Waals surface area contributed by atoms with Crippen molar-refractivity contribution in [3.8, 4) is 0 Å². The molecule has 0 bridgehead atoms. The van der Waals surface area contributed by atoms with Gasteiger partial charge in [0.2, 0.25) is 0 Å². The van der Waals surface area contributed by atoms with Crippen LogP contribution >= 0.6 is 0 Å². The van der Waals surface area contributed by atoms with E-state index in [4.69, 9.17) is 4.74 Å². The molecule has 0 fully saturated rings. The van der Waals surface area contributed by atoms with Crippen molar-refractivity contribution in [1.82, 2.24) is 10.0 Å². The highest BCUT2D eigenvalue weighted by Crippen LogP contribution is 2.22. The fourth-order valence-corrected chi connectivity index (χ4v) is 3.97. The van der Waals surface area contributed by atoms with Crippen molar-refractivity contribution in [3.63, 3.8) is 0 Å². The Labute approximate surface area is 169 Å². The lowest BCUT2D eigenvalue weighted by atomic mass is 10.1. The van der Waals surface area contributed by atoms with Crippen molar-refractivity contribution in [1.29, 1.82) is 0 Å². The molecule has 0 radical (unpaired) electrons. The topological polar surface area (TPSA) is 114 Å². The van der Waals surface area contributed by atoms with Crippen LogP contribution in [0.4, 0.5) is 0 Å². The summed E-state index contributed by atoms with van der Waals surface area (Å²) in [7, 11) is -3.67. The number of carbonyl (C=O) groups excluding carboxylic acids is 2. The first-order chi connectivity index (χ1) is 13.8. The van der Waals surface area contributed by atoms with Crippen molar-refractivity contribution < 1.29 is 22.7 Å². The summed E-state index contributed by atoms with van der Waals surface area (Å²) >= 11 is 0. The highest BCUT2D eigenvalue weighted by Gasteiger charge is 2.30. The van der Waals surface area contributed by atoms with E-state index < -0.39 is 34.5 Å². The van der Waals surface area contributed by atoms with E-state index in [0.717, 1.165) is 11.1 Å². The van der Waals surface area contributed by atoms with E-state index in [1.54, 1.807) is 18.2 Å². The second-order valence-corrected chi connectivity index (χ2v) is 8.25. The quantitative estimate of drug-likeness (QED) is 0.690. The maximum atomic E-state index is 12.1. The molecular formula is C20H21N3O5S. The first kappa shape index (κ1) is 20.5. The molecule has 0 aromatic heterocycles. The van der Waals surface area contributed by atoms with Gasteiger partial charge in [0.05, 0.1) is 4.90 Å². The fourth-order valence-electron chi connectivity index (χ4n) is 2.72. The molecule has 3 rings (SSSR count). The van der Waals surface area contributed by atoms with Gasteiger partial charge in [-0.1, -0.05) is 42.0 Å². The number of aliphatic imine (C=N–C) groups is 1. The summed E-state index contributed by atoms with van der Waals surface area (Å²) in [6.07, 6.45) is -0.999. The third-order valence-corrected chi connectivity index (χ3v) is 5.69. The molecule has 0 saturated carbocycles. The van der Waals surface area contributed by atoms with Crippen LogP contribution in [0.3, 0.4) is 0 Å². The zero-order valence-electron chi connectivity index (χ0n) is 16.0. The number of rotatable bonds is 6. The van der Waals surface area contributed by atoms with E-state index in [1.165, 1.54) is 13.0 Å². The maximum Gasteiger partial charge on any atom is 0.328 e. The van der Waals surface area contributed by atoms with Gasteiger partial charge in [0.1, 0.15) is 12.4 Å². The first-order valence-corrected chi connectivity index (χ1v) is 10.4. The SMILES string of the molecule is Cc1ccc(CNC(=O)[C@H](C)OC(=O)CN=C2NS(=O)(=O)c3ccccc32)cc1. The Bertz CT molecular complexity index is 1060. The second kappa shape index (κ2) is 8.44. The van der Waals surface area contributed by atoms with Crippen molar-refractivity contribution in [2.24, 2.45) is 4.99 Å². The Morgan fingerprint density at radius 2 is 1.83 bits per heavy atom. The van der Waals surface area contributed by atoms with Gasteiger partial charge < -0.3 is 10.1 Å². The standard InChI is InChI=1S/C20H21N3O5S/c1-13-7-9-15(10-8-13)11-22-20(25)14(2)28-18(24)12-21-19-16-5-3-4-6-17(16)29(26,27)23-19/h3-10,14H,11-12H2,1-2H3,(H,21,23)(H,22,25)/t14-/m0/s1. The minimum Gasteiger partial charge on any atom is -0.451 e. The number of aryl methyl sites for hydroxylation is 1. The lowest BCUT2D eigenvalue weighted by Crippen LogP contribution is -2.36. The van der Waals surface area contributed by atoms with Gasteiger partial charge in [-0.3, -0.25) is 19.3 Å². The normalized spacial score (nSPS) is 16.6. The number of carbonyl (C=O) groups is 2. The lowest BCUT2D eigenvalue weighted by Gasteiger charge is -2.13. The number of sulfonamides is 1. The van der Waals surface area contributed by atoms with Gasteiger partial charge in [-0.25, -0.2) is 8.42 Å². The molecule has 2 N–H and O–H groups in total. The van der Waals surface area contributed by atoms with E-state index >= 15 is 0 Å². The summed E-state index contributed by atoms with van der Waals surface area (Å²) in [6, 6.07) is 14.0. The number of nitrogens with one attached hydrogen (secondary N) is 2. The van der Waals surface area contributed by atoms with Gasteiger partial charge in [-0.15, -0.1) is 0 Å². The Kier molecular flexibility index (Phi) is 5.97. The molecular weight excluding hydrogens is 394 g/mol. The van der Waals surface area contributed by atoms with Gasteiger partial charge in [0.15, 0.2) is 6.10 Å². The number of hydrogen-bond donors (Lipinski definition) is 2. The number of amides is 1. The van der Waals surface area contributed by atoms with Crippen LogP contribution in [0, 0.1) is 6.92 Å². The molecule has 0 spiro atoms. The number of benzene rings is 2. The van der Waals surface area contributed by atoms with Crippen molar-refractivity contribution >= 4 is 27.7 Å². The molecule has 8 nitrogen and oxygen atoms in total. The maximum absolute atomic E-state index is 12.1. The zero-order chi connectivity index (χ0) is 21.0. The van der Waals surface area contributed by atoms with Gasteiger partial charge in [0, 0.05) is 12.1 Å². The predicted molar refractivity (Wildman–Crippen MR) is 107 cm³/mol. The van der Waals surface area contributed by atoms with Crippen LogP contribution in [0.25, 0.3) is 0 Å². The second-order valence-electron chi connectivity index (χ2n) is 6.60. The van der Waals surface area contributed by atoms with E-state index in [9.17, 15) is 18.0 Å². The van der Waals surface area contributed by atoms with E-state index in [2.05, 4.69) is 15.0 Å². The Balaban J connectivity index is 1.53. The Morgan fingerprint density at radius 3 is 2.55 bits per heavy atom. The molecule has 1 aliphatic rings. The monoisotopic (exact) mass is 415 g/mol. The third-order valence-electron chi connectivity index (χ3n) is 4.29. The highest BCUT2D eigenvalue weighted by molar-refractivity contribution is 7.90. The number of ether oxygens (including phenoxy) is 1. The number of amidine groups is 1. The third kappa shape index (κ3) is 5.00. The summed E-state index contributed by atoms with van der Waals surface area (Å²) in [5.41, 5.74) is 2.45. The average molecular weight is 415 g/mol. The fraction of sp³-hybridized carbons (Fsp3) is 0.250. The van der Waals surface area contributed by atoms with Crippen molar-refractivity contribution in [2.45, 2.75) is 31.4 Å². The van der Waals surface area contributed by atoms with Crippen LogP contribution in [-0.2, 0) is 30.9 Å². The van der Waals surface area contributed by atoms with Gasteiger partial charge in [-0.05, 0) is 31.5 Å². The van der Waals surface area contributed by atoms with Crippen LogP contribution < -0.4 is 10.0 Å². The largest absolute Gasteiger partial charge is 0.451 e. The summed E-state index contributed by atoms with van der Waals surface area (Å²) in [4.78, 5) is 28.2. The summed E-state index contributed by atoms with van der Waals surface area (Å²) in [5.74, 6) is -1.09. The molecule has 1 aliphatic heterocycles. The molecule has 1 heterocycles. The molecule has 9 heteroatoms. The van der Waals surface area contributed by atoms with Crippen LogP contribution in [-0.4, -0.2) is 38.8 Å². The van der Waals surface area contributed by atoms with Gasteiger partial charge in [0.25, 0.3) is 15.9 Å². The van der Waals surface area contributed by atoms with E-state index in [0.29, 0.717) is 12.1 Å². The number of hydrogen-bond acceptors (Lipinski definition) is 6. The smallest absolute Gasteiger partial charge is 0.328 e. The highest BCUT2D eigenvalue weighted by atomic mass is 32.2. The molecule has 1 amide bonds. The minimum absolute atomic E-state index is 0.0778. The minimum atomic E-state index is -3.67. The summed E-state index contributed by atoms with van der Waals surface area (Å²) < 4.78 is 31.4. The van der Waals surface area contributed by atoms with Crippen LogP contribution in [0.15, 0.2) is 58.4 Å². The van der Waals surface area contributed by atoms with Crippen LogP contribution in [0.2, 0.25) is 0 Å². The summed E-state index contributed by atoms with van der Waals surface area (Å²) in [5, 5.41) is 2.70. The number of fused-ring (bicyclic) bond motifs is 1. The summed E-state index contributed by atoms with van der Waals surface area (Å²) in [6.45, 7) is 3.34. The molecule has 29 heavy (non-hydrogen) atoms. The number of esters is 1. The molecule has 1 atom stereocenters. The Morgan fingerprint density at radius 1 is 1.14 bits per heavy atom. The van der Waals surface area contributed by atoms with Crippen molar-refractivity contribution in [3.05, 3.63) is 65.2 Å². The molecule has 0 aliphatic carbocycles. The van der Waals surface area contributed by atoms with Crippen LogP contribution in [0.5, 0.6) is 0 Å². The zero-order valence-corrected chi connectivity index (χ0v) is 16.8.